The Bertz CT molecular complexity index is 299. The first-order chi connectivity index (χ1) is 6.19. The van der Waals surface area contributed by atoms with Crippen LogP contribution in [-0.2, 0) is 6.42 Å². The molecule has 1 rings (SSSR count). The molecule has 0 aliphatic rings. The molecule has 0 unspecified atom stereocenters. The van der Waals surface area contributed by atoms with E-state index in [2.05, 4.69) is 0 Å². The van der Waals surface area contributed by atoms with E-state index in [1.165, 1.54) is 0 Å². The van der Waals surface area contributed by atoms with Crippen LogP contribution in [0.1, 0.15) is 5.56 Å². The molecule has 1 nitrogen and oxygen atoms in total. The zero-order valence-corrected chi connectivity index (χ0v) is 9.38. The summed E-state index contributed by atoms with van der Waals surface area (Å²) in [5, 5.41) is 1.20. The first kappa shape index (κ1) is 11.0. The third-order valence-corrected chi connectivity index (χ3v) is 2.52. The minimum atomic E-state index is 0.530. The number of halogens is 3. The van der Waals surface area contributed by atoms with Crippen LogP contribution in [-0.4, -0.2) is 13.0 Å². The summed E-state index contributed by atoms with van der Waals surface area (Å²) in [5.74, 6) is 1.12. The van der Waals surface area contributed by atoms with Gasteiger partial charge in [-0.1, -0.05) is 23.2 Å². The van der Waals surface area contributed by atoms with Gasteiger partial charge in [-0.2, -0.15) is 0 Å². The molecule has 0 aliphatic heterocycles. The number of benzene rings is 1. The van der Waals surface area contributed by atoms with Crippen molar-refractivity contribution in [2.75, 3.05) is 13.0 Å². The van der Waals surface area contributed by atoms with E-state index in [4.69, 9.17) is 39.5 Å². The maximum atomic E-state index is 5.96. The molecule has 0 heterocycles. The summed E-state index contributed by atoms with van der Waals surface area (Å²) in [6, 6.07) is 3.48. The molecule has 0 saturated heterocycles. The Morgan fingerprint density at radius 1 is 1.23 bits per heavy atom. The van der Waals surface area contributed by atoms with Gasteiger partial charge in [0.05, 0.1) is 12.1 Å². The van der Waals surface area contributed by atoms with Crippen LogP contribution in [0.2, 0.25) is 10.0 Å². The fourth-order valence-corrected chi connectivity index (χ4v) is 1.73. The highest BCUT2D eigenvalue weighted by Gasteiger charge is 2.06. The quantitative estimate of drug-likeness (QED) is 0.730. The molecule has 0 fully saturated rings. The number of methoxy groups -OCH3 is 1. The van der Waals surface area contributed by atoms with Crippen molar-refractivity contribution in [1.82, 2.24) is 0 Å². The van der Waals surface area contributed by atoms with E-state index >= 15 is 0 Å². The van der Waals surface area contributed by atoms with Crippen molar-refractivity contribution in [2.24, 2.45) is 0 Å². The standard InChI is InChI=1S/C9H9Cl3O/c1-13-9-5-7(11)6(2-3-10)4-8(9)12/h4-5H,2-3H2,1H3. The van der Waals surface area contributed by atoms with E-state index in [0.29, 0.717) is 28.1 Å². The summed E-state index contributed by atoms with van der Waals surface area (Å²) < 4.78 is 5.01. The summed E-state index contributed by atoms with van der Waals surface area (Å²) in [6.45, 7) is 0. The highest BCUT2D eigenvalue weighted by Crippen LogP contribution is 2.31. The monoisotopic (exact) mass is 238 g/mol. The zero-order valence-electron chi connectivity index (χ0n) is 7.11. The van der Waals surface area contributed by atoms with Crippen molar-refractivity contribution < 1.29 is 4.74 Å². The molecule has 0 amide bonds. The lowest BCUT2D eigenvalue weighted by Crippen LogP contribution is -1.91. The second kappa shape index (κ2) is 4.94. The van der Waals surface area contributed by atoms with Gasteiger partial charge in [-0.3, -0.25) is 0 Å². The van der Waals surface area contributed by atoms with Crippen LogP contribution in [0.3, 0.4) is 0 Å². The molecular weight excluding hydrogens is 230 g/mol. The van der Waals surface area contributed by atoms with Gasteiger partial charge in [0.2, 0.25) is 0 Å². The maximum Gasteiger partial charge on any atom is 0.138 e. The van der Waals surface area contributed by atoms with Crippen molar-refractivity contribution >= 4 is 34.8 Å². The van der Waals surface area contributed by atoms with Crippen molar-refractivity contribution in [3.05, 3.63) is 27.7 Å². The molecule has 0 bridgehead atoms. The van der Waals surface area contributed by atoms with E-state index in [1.807, 2.05) is 0 Å². The maximum absolute atomic E-state index is 5.96. The molecule has 0 aromatic heterocycles. The van der Waals surface area contributed by atoms with Crippen LogP contribution in [0.25, 0.3) is 0 Å². The van der Waals surface area contributed by atoms with Gasteiger partial charge in [0, 0.05) is 17.0 Å². The molecule has 0 atom stereocenters. The van der Waals surface area contributed by atoms with Crippen molar-refractivity contribution in [3.63, 3.8) is 0 Å². The summed E-state index contributed by atoms with van der Waals surface area (Å²) in [5.41, 5.74) is 0.947. The lowest BCUT2D eigenvalue weighted by molar-refractivity contribution is 0.415. The normalized spacial score (nSPS) is 10.2. The second-order valence-corrected chi connectivity index (χ2v) is 3.71. The Labute approximate surface area is 92.5 Å². The number of hydrogen-bond acceptors (Lipinski definition) is 1. The Hall–Kier alpha value is -0.110. The summed E-state index contributed by atoms with van der Waals surface area (Å²) in [7, 11) is 1.55. The Kier molecular flexibility index (Phi) is 4.17. The molecule has 1 aromatic carbocycles. The number of ether oxygens (including phenoxy) is 1. The van der Waals surface area contributed by atoms with Gasteiger partial charge in [0.25, 0.3) is 0 Å². The average Bonchev–Trinajstić information content (AvgIpc) is 2.11. The van der Waals surface area contributed by atoms with Gasteiger partial charge >= 0.3 is 0 Å². The Morgan fingerprint density at radius 2 is 1.92 bits per heavy atom. The van der Waals surface area contributed by atoms with Gasteiger partial charge in [0.1, 0.15) is 5.75 Å². The third kappa shape index (κ3) is 2.67. The topological polar surface area (TPSA) is 9.23 Å². The molecule has 4 heteroatoms. The van der Waals surface area contributed by atoms with Crippen LogP contribution >= 0.6 is 34.8 Å². The number of aryl methyl sites for hydroxylation is 1. The fraction of sp³-hybridized carbons (Fsp3) is 0.333. The molecule has 0 N–H and O–H groups in total. The van der Waals surface area contributed by atoms with Crippen LogP contribution in [0.4, 0.5) is 0 Å². The first-order valence-corrected chi connectivity index (χ1v) is 5.06. The minimum absolute atomic E-state index is 0.530. The van der Waals surface area contributed by atoms with Crippen LogP contribution in [0, 0.1) is 0 Å². The number of hydrogen-bond donors (Lipinski definition) is 0. The van der Waals surface area contributed by atoms with Crippen LogP contribution in [0.5, 0.6) is 5.75 Å². The molecule has 0 saturated carbocycles. The SMILES string of the molecule is COc1cc(Cl)c(CCCl)cc1Cl. The molecule has 0 aliphatic carbocycles. The molecule has 0 radical (unpaired) electrons. The predicted molar refractivity (Wildman–Crippen MR) is 57.4 cm³/mol. The molecule has 1 aromatic rings. The molecular formula is C9H9Cl3O. The van der Waals surface area contributed by atoms with E-state index in [1.54, 1.807) is 19.2 Å². The van der Waals surface area contributed by atoms with E-state index < -0.39 is 0 Å². The first-order valence-electron chi connectivity index (χ1n) is 3.77. The fourth-order valence-electron chi connectivity index (χ4n) is 1.02. The number of alkyl halides is 1. The van der Waals surface area contributed by atoms with Gasteiger partial charge < -0.3 is 4.74 Å². The smallest absolute Gasteiger partial charge is 0.138 e. The van der Waals surface area contributed by atoms with Gasteiger partial charge in [0.15, 0.2) is 0 Å². The lowest BCUT2D eigenvalue weighted by atomic mass is 10.1. The van der Waals surface area contributed by atoms with E-state index in [0.717, 1.165) is 5.56 Å². The van der Waals surface area contributed by atoms with E-state index in [9.17, 15) is 0 Å². The van der Waals surface area contributed by atoms with Crippen LogP contribution in [0.15, 0.2) is 12.1 Å². The summed E-state index contributed by atoms with van der Waals surface area (Å²) >= 11 is 17.5. The second-order valence-electron chi connectivity index (χ2n) is 2.52. The number of rotatable bonds is 3. The van der Waals surface area contributed by atoms with Gasteiger partial charge in [-0.05, 0) is 18.1 Å². The lowest BCUT2D eigenvalue weighted by Gasteiger charge is -2.07. The molecule has 72 valence electrons. The zero-order chi connectivity index (χ0) is 9.84. The highest BCUT2D eigenvalue weighted by molar-refractivity contribution is 6.34. The van der Waals surface area contributed by atoms with Crippen molar-refractivity contribution in [1.29, 1.82) is 0 Å². The largest absolute Gasteiger partial charge is 0.495 e. The Balaban J connectivity index is 3.05. The highest BCUT2D eigenvalue weighted by atomic mass is 35.5. The minimum Gasteiger partial charge on any atom is -0.495 e. The van der Waals surface area contributed by atoms with Crippen LogP contribution < -0.4 is 4.74 Å². The third-order valence-electron chi connectivity index (χ3n) is 1.68. The summed E-state index contributed by atoms with van der Waals surface area (Å²) in [6.07, 6.45) is 0.712. The molecule has 13 heavy (non-hydrogen) atoms. The molecule has 0 spiro atoms. The van der Waals surface area contributed by atoms with E-state index in [-0.39, 0.29) is 0 Å². The van der Waals surface area contributed by atoms with Crippen molar-refractivity contribution in [2.45, 2.75) is 6.42 Å². The predicted octanol–water partition coefficient (Wildman–Crippen LogP) is 3.78. The van der Waals surface area contributed by atoms with Gasteiger partial charge in [-0.25, -0.2) is 0 Å². The Morgan fingerprint density at radius 3 is 2.46 bits per heavy atom. The van der Waals surface area contributed by atoms with Crippen molar-refractivity contribution in [3.8, 4) is 5.75 Å². The summed E-state index contributed by atoms with van der Waals surface area (Å²) in [4.78, 5) is 0. The average molecular weight is 240 g/mol. The van der Waals surface area contributed by atoms with Gasteiger partial charge in [-0.15, -0.1) is 11.6 Å².